The Morgan fingerprint density at radius 1 is 1.09 bits per heavy atom. The van der Waals surface area contributed by atoms with Gasteiger partial charge < -0.3 is 29.6 Å². The van der Waals surface area contributed by atoms with Crippen LogP contribution in [0.3, 0.4) is 0 Å². The number of rotatable bonds is 16. The Labute approximate surface area is 257 Å². The van der Waals surface area contributed by atoms with Gasteiger partial charge in [-0.2, -0.15) is 0 Å². The van der Waals surface area contributed by atoms with Crippen molar-refractivity contribution in [2.45, 2.75) is 80.6 Å². The second kappa shape index (κ2) is 16.2. The quantitative estimate of drug-likeness (QED) is 0.113. The number of esters is 2. The molecular weight excluding hydrogens is 625 g/mol. The van der Waals surface area contributed by atoms with E-state index in [9.17, 15) is 40.3 Å². The first-order chi connectivity index (χ1) is 20.1. The molecule has 1 saturated carbocycles. The van der Waals surface area contributed by atoms with Crippen LogP contribution in [0, 0.1) is 11.8 Å². The highest BCUT2D eigenvalue weighted by Gasteiger charge is 2.55. The summed E-state index contributed by atoms with van der Waals surface area (Å²) in [5.41, 5.74) is 4.51. The average molecular weight is 667 g/mol. The molecule has 2 rings (SSSR count). The fourth-order valence-electron chi connectivity index (χ4n) is 5.34. The monoisotopic (exact) mass is 666 g/mol. The molecule has 0 aliphatic heterocycles. The van der Waals surface area contributed by atoms with E-state index in [-0.39, 0.29) is 12.8 Å². The number of sulfone groups is 1. The van der Waals surface area contributed by atoms with Gasteiger partial charge in [0.05, 0.1) is 12.9 Å². The maximum absolute atomic E-state index is 14.2. The number of carbonyl (C=O) groups excluding carboxylic acids is 3. The highest BCUT2D eigenvalue weighted by Crippen LogP contribution is 2.37. The Balaban J connectivity index is 2.65. The van der Waals surface area contributed by atoms with Crippen molar-refractivity contribution in [2.24, 2.45) is 17.6 Å². The first-order valence-electron chi connectivity index (χ1n) is 13.9. The number of methoxy groups -OCH3 is 1. The van der Waals surface area contributed by atoms with Gasteiger partial charge in [0.25, 0.3) is 5.72 Å². The van der Waals surface area contributed by atoms with Gasteiger partial charge in [0.15, 0.2) is 26.2 Å². The van der Waals surface area contributed by atoms with Crippen molar-refractivity contribution < 1.29 is 49.8 Å². The molecule has 1 aromatic rings. The summed E-state index contributed by atoms with van der Waals surface area (Å²) in [6, 6.07) is 6.84. The maximum atomic E-state index is 14.2. The van der Waals surface area contributed by atoms with Gasteiger partial charge >= 0.3 is 11.9 Å². The van der Waals surface area contributed by atoms with Crippen LogP contribution in [-0.2, 0) is 62.3 Å². The van der Waals surface area contributed by atoms with Crippen molar-refractivity contribution in [3.05, 3.63) is 35.9 Å². The van der Waals surface area contributed by atoms with Crippen molar-refractivity contribution in [3.63, 3.8) is 0 Å². The Morgan fingerprint density at radius 2 is 1.67 bits per heavy atom. The first kappa shape index (κ1) is 36.9. The summed E-state index contributed by atoms with van der Waals surface area (Å²) in [4.78, 5) is 40.1. The lowest BCUT2D eigenvalue weighted by Crippen LogP contribution is -2.64. The molecule has 0 aromatic heterocycles. The highest BCUT2D eigenvalue weighted by molar-refractivity contribution is 7.99. The number of hydrogen-bond acceptors (Lipinski definition) is 10. The smallest absolute Gasteiger partial charge is 0.372 e. The van der Waals surface area contributed by atoms with Crippen LogP contribution in [0.1, 0.15) is 63.9 Å². The van der Waals surface area contributed by atoms with Gasteiger partial charge in [-0.15, -0.1) is 0 Å². The van der Waals surface area contributed by atoms with Gasteiger partial charge in [-0.1, -0.05) is 56.5 Å². The van der Waals surface area contributed by atoms with Gasteiger partial charge in [-0.25, -0.2) is 21.6 Å². The molecule has 16 heteroatoms. The number of nitrogens with one attached hydrogen (secondary N) is 1. The molecular formula is C27H42N2O11S3. The molecule has 0 heterocycles. The van der Waals surface area contributed by atoms with Crippen LogP contribution < -0.4 is 11.1 Å². The zero-order valence-electron chi connectivity index (χ0n) is 24.6. The Hall–Kier alpha value is -2.24. The van der Waals surface area contributed by atoms with E-state index in [2.05, 4.69) is 5.32 Å². The second-order valence-electron chi connectivity index (χ2n) is 10.8. The second-order valence-corrected chi connectivity index (χ2v) is 15.8. The van der Waals surface area contributed by atoms with Gasteiger partial charge in [-0.05, 0) is 37.7 Å². The average Bonchev–Trinajstić information content (AvgIpc) is 2.97. The van der Waals surface area contributed by atoms with Crippen molar-refractivity contribution in [3.8, 4) is 0 Å². The number of carbonyl (C=O) groups is 3. The van der Waals surface area contributed by atoms with Crippen LogP contribution in [0.4, 0.5) is 0 Å². The fourth-order valence-corrected chi connectivity index (χ4v) is 7.95. The van der Waals surface area contributed by atoms with Crippen LogP contribution >= 0.6 is 0 Å². The van der Waals surface area contributed by atoms with E-state index in [1.165, 1.54) is 6.92 Å². The molecule has 0 radical (unpaired) electrons. The summed E-state index contributed by atoms with van der Waals surface area (Å²) >= 11 is -6.24. The molecule has 1 aromatic carbocycles. The van der Waals surface area contributed by atoms with E-state index in [1.54, 1.807) is 30.3 Å². The molecule has 0 saturated heterocycles. The van der Waals surface area contributed by atoms with E-state index < -0.39 is 96.1 Å². The molecule has 1 aliphatic carbocycles. The molecule has 5 N–H and O–H groups in total. The minimum Gasteiger partial charge on any atom is -0.465 e. The molecule has 13 nitrogen and oxygen atoms in total. The maximum Gasteiger partial charge on any atom is 0.372 e. The predicted octanol–water partition coefficient (Wildman–Crippen LogP) is 1.66. The van der Waals surface area contributed by atoms with E-state index in [1.807, 2.05) is 0 Å². The van der Waals surface area contributed by atoms with Crippen molar-refractivity contribution >= 4 is 49.8 Å². The van der Waals surface area contributed by atoms with Gasteiger partial charge in [0, 0.05) is 30.6 Å². The third-order valence-electron chi connectivity index (χ3n) is 7.72. The zero-order valence-corrected chi connectivity index (χ0v) is 27.0. The van der Waals surface area contributed by atoms with Gasteiger partial charge in [0.1, 0.15) is 9.84 Å². The van der Waals surface area contributed by atoms with Crippen LogP contribution in [0.5, 0.6) is 0 Å². The summed E-state index contributed by atoms with van der Waals surface area (Å²) in [7, 11) is -2.52. The molecule has 0 bridgehead atoms. The number of amides is 1. The molecule has 244 valence electrons. The third kappa shape index (κ3) is 9.62. The summed E-state index contributed by atoms with van der Waals surface area (Å²) < 4.78 is 77.9. The lowest BCUT2D eigenvalue weighted by Gasteiger charge is -2.41. The fraction of sp³-hybridized carbons (Fsp3) is 0.667. The molecule has 1 aliphatic rings. The van der Waals surface area contributed by atoms with Crippen molar-refractivity contribution in [1.29, 1.82) is 0 Å². The van der Waals surface area contributed by atoms with Crippen LogP contribution in [0.15, 0.2) is 30.3 Å². The minimum absolute atomic E-state index is 0.111. The molecule has 1 amide bonds. The third-order valence-corrected chi connectivity index (χ3v) is 11.7. The molecule has 5 unspecified atom stereocenters. The van der Waals surface area contributed by atoms with Crippen LogP contribution in [0.25, 0.3) is 0 Å². The number of ether oxygens (including phenoxy) is 2. The minimum atomic E-state index is -3.61. The number of nitrogens with two attached hydrogens (primary N) is 1. The lowest BCUT2D eigenvalue weighted by atomic mass is 9.80. The predicted molar refractivity (Wildman–Crippen MR) is 161 cm³/mol. The molecule has 5 atom stereocenters. The van der Waals surface area contributed by atoms with E-state index >= 15 is 0 Å². The topological polar surface area (TPSA) is 216 Å². The Morgan fingerprint density at radius 3 is 2.16 bits per heavy atom. The highest BCUT2D eigenvalue weighted by atomic mass is 32.3. The molecule has 43 heavy (non-hydrogen) atoms. The lowest BCUT2D eigenvalue weighted by molar-refractivity contribution is -0.197. The van der Waals surface area contributed by atoms with Crippen LogP contribution in [-0.4, -0.2) is 78.8 Å². The summed E-state index contributed by atoms with van der Waals surface area (Å²) in [5.74, 6) is -5.26. The van der Waals surface area contributed by atoms with Crippen molar-refractivity contribution in [2.75, 3.05) is 19.1 Å². The summed E-state index contributed by atoms with van der Waals surface area (Å²) in [6.07, 6.45) is 2.60. The Kier molecular flexibility index (Phi) is 13.9. The molecule has 0 spiro atoms. The van der Waals surface area contributed by atoms with E-state index in [0.717, 1.165) is 19.8 Å². The SMILES string of the molecule is CCC(=O)OC(NC(=O)C(Cc1ccccc1)CC(C(N)CCS(C)(=O)=O)(S(=O)O)S(=O)O)(C(=O)OC)C1CCCCC1. The largest absolute Gasteiger partial charge is 0.465 e. The summed E-state index contributed by atoms with van der Waals surface area (Å²) in [6.45, 7) is 1.52. The Bertz CT molecular complexity index is 1260. The van der Waals surface area contributed by atoms with E-state index in [4.69, 9.17) is 15.2 Å². The normalized spacial score (nSPS) is 20.0. The van der Waals surface area contributed by atoms with Gasteiger partial charge in [0.2, 0.25) is 5.91 Å². The standard InChI is InChI=1S/C27H42N2O11S3/c1-4-23(30)40-27(25(32)39-2,21-13-9-6-10-14-21)29-24(31)20(17-19-11-7-5-8-12-19)18-26(41(33)34,42(35)36)22(28)15-16-43(3,37)38/h5,7-8,11-12,20-22H,4,6,9-10,13-18,28H2,1-3H3,(H,29,31)(H,33,34)(H,35,36). The zero-order chi connectivity index (χ0) is 32.4. The summed E-state index contributed by atoms with van der Waals surface area (Å²) in [5, 5.41) is 2.58. The van der Waals surface area contributed by atoms with Crippen LogP contribution in [0.2, 0.25) is 0 Å². The van der Waals surface area contributed by atoms with Crippen molar-refractivity contribution in [1.82, 2.24) is 5.32 Å². The first-order valence-corrected chi connectivity index (χ1v) is 18.2. The number of benzene rings is 1. The number of hydrogen-bond donors (Lipinski definition) is 4. The van der Waals surface area contributed by atoms with Gasteiger partial charge in [-0.3, -0.25) is 9.59 Å². The molecule has 1 fully saturated rings. The van der Waals surface area contributed by atoms with E-state index in [0.29, 0.717) is 31.2 Å².